The van der Waals surface area contributed by atoms with Crippen molar-refractivity contribution in [2.24, 2.45) is 0 Å². The summed E-state index contributed by atoms with van der Waals surface area (Å²) >= 11 is 3.27. The normalized spacial score (nSPS) is 11.1. The average molecular weight is 524 g/mol. The molecule has 0 heterocycles. The molecule has 166 valence electrons. The first-order valence-corrected chi connectivity index (χ1v) is 11.1. The van der Waals surface area contributed by atoms with Crippen LogP contribution in [0, 0.1) is 12.7 Å². The first kappa shape index (κ1) is 23.2. The highest BCUT2D eigenvalue weighted by atomic mass is 79.9. The zero-order chi connectivity index (χ0) is 23.6. The molecule has 3 aromatic carbocycles. The van der Waals surface area contributed by atoms with Gasteiger partial charge >= 0.3 is 11.9 Å². The molecule has 3 rings (SSSR count). The molecule has 0 saturated heterocycles. The number of ether oxygens (including phenoxy) is 1. The van der Waals surface area contributed by atoms with Gasteiger partial charge in [0.2, 0.25) is 9.84 Å². The number of phenolic OH excluding ortho intramolecular Hbond substituents is 1. The summed E-state index contributed by atoms with van der Waals surface area (Å²) in [7, 11) is -4.16. The quantitative estimate of drug-likeness (QED) is 0.336. The van der Waals surface area contributed by atoms with Gasteiger partial charge in [0.05, 0.1) is 9.37 Å². The molecule has 0 aromatic heterocycles. The first-order valence-electron chi connectivity index (χ1n) is 8.85. The van der Waals surface area contributed by atoms with Gasteiger partial charge in [-0.05, 0) is 76.9 Å². The number of anilines is 1. The van der Waals surface area contributed by atoms with E-state index in [1.807, 2.05) is 0 Å². The van der Waals surface area contributed by atoms with Gasteiger partial charge in [-0.1, -0.05) is 0 Å². The number of carbonyl (C=O) groups excluding carboxylic acids is 1. The van der Waals surface area contributed by atoms with Crippen LogP contribution in [0.1, 0.15) is 5.56 Å². The third-order valence-electron chi connectivity index (χ3n) is 4.25. The van der Waals surface area contributed by atoms with Crippen molar-refractivity contribution in [3.05, 3.63) is 70.5 Å². The fraction of sp³-hybridized carbons (Fsp3) is 0.0476. The summed E-state index contributed by atoms with van der Waals surface area (Å²) in [5.41, 5.74) is 0.704. The summed E-state index contributed by atoms with van der Waals surface area (Å²) in [6.07, 6.45) is 0. The molecule has 0 spiro atoms. The van der Waals surface area contributed by atoms with Gasteiger partial charge in [0.15, 0.2) is 0 Å². The molecule has 0 unspecified atom stereocenters. The highest BCUT2D eigenvalue weighted by molar-refractivity contribution is 9.10. The Bertz CT molecular complexity index is 1300. The highest BCUT2D eigenvalue weighted by Gasteiger charge is 2.23. The number of aliphatic carboxylic acids is 1. The van der Waals surface area contributed by atoms with Crippen LogP contribution < -0.4 is 10.1 Å². The van der Waals surface area contributed by atoms with Crippen LogP contribution in [0.15, 0.2) is 68.9 Å². The third-order valence-corrected chi connectivity index (χ3v) is 6.63. The van der Waals surface area contributed by atoms with Crippen molar-refractivity contribution in [2.45, 2.75) is 16.7 Å². The average Bonchev–Trinajstić information content (AvgIpc) is 2.72. The van der Waals surface area contributed by atoms with Gasteiger partial charge in [-0.25, -0.2) is 17.6 Å². The number of hydrogen-bond acceptors (Lipinski definition) is 6. The number of aromatic hydroxyl groups is 1. The van der Waals surface area contributed by atoms with Crippen LogP contribution in [0.2, 0.25) is 0 Å². The number of halogens is 2. The summed E-state index contributed by atoms with van der Waals surface area (Å²) in [6.45, 7) is 1.63. The molecule has 0 aliphatic carbocycles. The molecule has 0 radical (unpaired) electrons. The van der Waals surface area contributed by atoms with E-state index in [1.165, 1.54) is 18.2 Å². The number of carboxylic acid groups (broad SMARTS) is 1. The van der Waals surface area contributed by atoms with Crippen LogP contribution in [0.3, 0.4) is 0 Å². The molecule has 3 aromatic rings. The van der Waals surface area contributed by atoms with E-state index in [0.29, 0.717) is 10.0 Å². The summed E-state index contributed by atoms with van der Waals surface area (Å²) in [6, 6.07) is 10.7. The Morgan fingerprint density at radius 2 is 1.72 bits per heavy atom. The predicted molar refractivity (Wildman–Crippen MR) is 115 cm³/mol. The number of sulfone groups is 1. The smallest absolute Gasteiger partial charge is 0.394 e. The van der Waals surface area contributed by atoms with Crippen molar-refractivity contribution < 1.29 is 37.3 Å². The molecule has 0 fully saturated rings. The second kappa shape index (κ2) is 8.97. The molecule has 0 atom stereocenters. The van der Waals surface area contributed by atoms with Gasteiger partial charge < -0.3 is 20.3 Å². The topological polar surface area (TPSA) is 130 Å². The fourth-order valence-electron chi connectivity index (χ4n) is 2.75. The van der Waals surface area contributed by atoms with Gasteiger partial charge in [-0.2, -0.15) is 0 Å². The molecule has 3 N–H and O–H groups in total. The van der Waals surface area contributed by atoms with Crippen molar-refractivity contribution in [2.75, 3.05) is 5.32 Å². The number of phenols is 1. The Kier molecular flexibility index (Phi) is 6.51. The van der Waals surface area contributed by atoms with E-state index in [1.54, 1.807) is 6.92 Å². The largest absolute Gasteiger partial charge is 0.507 e. The lowest BCUT2D eigenvalue weighted by molar-refractivity contribution is -0.147. The van der Waals surface area contributed by atoms with E-state index in [-0.39, 0.29) is 22.1 Å². The number of carboxylic acids is 1. The number of rotatable bonds is 5. The Hall–Kier alpha value is -3.44. The second-order valence-corrected chi connectivity index (χ2v) is 9.32. The van der Waals surface area contributed by atoms with E-state index < -0.39 is 38.2 Å². The van der Waals surface area contributed by atoms with Crippen LogP contribution >= 0.6 is 15.9 Å². The Balaban J connectivity index is 1.95. The highest BCUT2D eigenvalue weighted by Crippen LogP contribution is 2.38. The molecule has 1 amide bonds. The van der Waals surface area contributed by atoms with Gasteiger partial charge in [-0.3, -0.25) is 4.79 Å². The minimum absolute atomic E-state index is 0.0783. The van der Waals surface area contributed by atoms with Crippen molar-refractivity contribution in [3.8, 4) is 17.2 Å². The van der Waals surface area contributed by atoms with E-state index in [0.717, 1.165) is 36.4 Å². The molecule has 11 heteroatoms. The SMILES string of the molecule is Cc1cc(NC(=O)C(=O)O)cc(Br)c1Oc1ccc(O)c(S(=O)(=O)c2ccc(F)cc2)c1. The molecule has 8 nitrogen and oxygen atoms in total. The van der Waals surface area contributed by atoms with Crippen LogP contribution in [0.5, 0.6) is 17.2 Å². The van der Waals surface area contributed by atoms with E-state index in [9.17, 15) is 27.5 Å². The maximum Gasteiger partial charge on any atom is 0.394 e. The molecule has 0 aliphatic rings. The van der Waals surface area contributed by atoms with Crippen molar-refractivity contribution in [1.82, 2.24) is 0 Å². The number of benzene rings is 3. The molecular formula is C21H15BrFNO7S. The number of aryl methyl sites for hydroxylation is 1. The zero-order valence-electron chi connectivity index (χ0n) is 16.3. The number of carbonyl (C=O) groups is 2. The van der Waals surface area contributed by atoms with Crippen LogP contribution in [-0.4, -0.2) is 30.5 Å². The first-order chi connectivity index (χ1) is 15.0. The summed E-state index contributed by atoms with van der Waals surface area (Å²) in [5.74, 6) is -3.61. The summed E-state index contributed by atoms with van der Waals surface area (Å²) in [5, 5.41) is 21.0. The van der Waals surface area contributed by atoms with Gasteiger partial charge in [0.1, 0.15) is 28.0 Å². The standard InChI is InChI=1S/C21H15BrFNO7S/c1-11-8-13(24-20(26)21(27)28)9-16(22)19(11)31-14-4-7-17(25)18(10-14)32(29,30)15-5-2-12(23)3-6-15/h2-10,25H,1H3,(H,24,26)(H,27,28). The van der Waals surface area contributed by atoms with E-state index >= 15 is 0 Å². The number of hydrogen-bond donors (Lipinski definition) is 3. The van der Waals surface area contributed by atoms with Crippen LogP contribution in [0.4, 0.5) is 10.1 Å². The minimum Gasteiger partial charge on any atom is -0.507 e. The number of nitrogens with one attached hydrogen (secondary N) is 1. The number of amides is 1. The molecule has 0 bridgehead atoms. The third kappa shape index (κ3) is 4.89. The van der Waals surface area contributed by atoms with Gasteiger partial charge in [0.25, 0.3) is 0 Å². The van der Waals surface area contributed by atoms with Gasteiger partial charge in [0, 0.05) is 11.8 Å². The Labute approximate surface area is 190 Å². The van der Waals surface area contributed by atoms with Crippen molar-refractivity contribution in [3.63, 3.8) is 0 Å². The summed E-state index contributed by atoms with van der Waals surface area (Å²) < 4.78 is 45.0. The zero-order valence-corrected chi connectivity index (χ0v) is 18.7. The molecule has 32 heavy (non-hydrogen) atoms. The van der Waals surface area contributed by atoms with Crippen LogP contribution in [-0.2, 0) is 19.4 Å². The van der Waals surface area contributed by atoms with E-state index in [2.05, 4.69) is 21.2 Å². The monoisotopic (exact) mass is 523 g/mol. The van der Waals surface area contributed by atoms with Gasteiger partial charge in [-0.15, -0.1) is 0 Å². The Morgan fingerprint density at radius 1 is 1.06 bits per heavy atom. The molecule has 0 saturated carbocycles. The molecule has 0 aliphatic heterocycles. The molecular weight excluding hydrogens is 509 g/mol. The lowest BCUT2D eigenvalue weighted by atomic mass is 10.2. The minimum atomic E-state index is -4.16. The fourth-order valence-corrected chi connectivity index (χ4v) is 4.75. The van der Waals surface area contributed by atoms with Crippen LogP contribution in [0.25, 0.3) is 0 Å². The maximum atomic E-state index is 13.2. The lowest BCUT2D eigenvalue weighted by Gasteiger charge is -2.14. The lowest BCUT2D eigenvalue weighted by Crippen LogP contribution is -2.21. The second-order valence-electron chi connectivity index (χ2n) is 6.55. The van der Waals surface area contributed by atoms with E-state index in [4.69, 9.17) is 9.84 Å². The predicted octanol–water partition coefficient (Wildman–Crippen LogP) is 4.25. The van der Waals surface area contributed by atoms with Crippen molar-refractivity contribution >= 4 is 43.3 Å². The summed E-state index contributed by atoms with van der Waals surface area (Å²) in [4.78, 5) is 21.4. The van der Waals surface area contributed by atoms with Crippen molar-refractivity contribution in [1.29, 1.82) is 0 Å². The Morgan fingerprint density at radius 3 is 2.31 bits per heavy atom. The maximum absolute atomic E-state index is 13.2.